The number of phenolic OH excluding ortho intramolecular Hbond substituents is 1. The highest BCUT2D eigenvalue weighted by Crippen LogP contribution is 2.53. The summed E-state index contributed by atoms with van der Waals surface area (Å²) in [5.74, 6) is -0.504. The Morgan fingerprint density at radius 3 is 2.66 bits per heavy atom. The molecular weight excluding hydrogens is 428 g/mol. The molecule has 0 saturated carbocycles. The molecule has 7 heteroatoms. The van der Waals surface area contributed by atoms with Crippen molar-refractivity contribution in [1.29, 1.82) is 0 Å². The molecule has 0 saturated heterocycles. The number of aromatic hydroxyl groups is 1. The Balaban J connectivity index is 1.81. The van der Waals surface area contributed by atoms with Gasteiger partial charge < -0.3 is 10.4 Å². The zero-order valence-corrected chi connectivity index (χ0v) is 18.4. The second-order valence-corrected chi connectivity index (χ2v) is 9.65. The topological polar surface area (TPSA) is 92.5 Å². The third-order valence-electron chi connectivity index (χ3n) is 6.34. The standard InChI is InChI=1S/C25H21ClN2O4/c1-25(2)11-16-22-14-6-4-3-5-13(14)7-8-18(22)27-24(23(16)21(30)12-25)15-9-19(28(31)32)20(29)10-17(15)26/h3-10,24,27,29H,11-12H2,1-2H3/t24-/m1/s1. The molecule has 6 nitrogen and oxygen atoms in total. The lowest BCUT2D eigenvalue weighted by atomic mass is 9.68. The summed E-state index contributed by atoms with van der Waals surface area (Å²) in [5, 5.41) is 27.2. The minimum atomic E-state index is -0.652. The fourth-order valence-electron chi connectivity index (χ4n) is 5.01. The summed E-state index contributed by atoms with van der Waals surface area (Å²) in [5.41, 5.74) is 3.14. The van der Waals surface area contributed by atoms with Crippen molar-refractivity contribution in [3.63, 3.8) is 0 Å². The molecule has 0 amide bonds. The SMILES string of the molecule is CC1(C)CC(=O)C2=C(C1)c1c(ccc3ccccc13)N[C@@H]2c1cc([N+](=O)[O-])c(O)cc1Cl. The Kier molecular flexibility index (Phi) is 4.53. The molecule has 0 unspecified atom stereocenters. The third-order valence-corrected chi connectivity index (χ3v) is 6.67. The van der Waals surface area contributed by atoms with E-state index in [1.807, 2.05) is 36.4 Å². The van der Waals surface area contributed by atoms with Gasteiger partial charge in [0.1, 0.15) is 0 Å². The summed E-state index contributed by atoms with van der Waals surface area (Å²) in [6.07, 6.45) is 1.08. The van der Waals surface area contributed by atoms with Gasteiger partial charge in [0.05, 0.1) is 16.0 Å². The van der Waals surface area contributed by atoms with E-state index in [1.54, 1.807) is 0 Å². The van der Waals surface area contributed by atoms with Gasteiger partial charge >= 0.3 is 5.69 Å². The number of anilines is 1. The van der Waals surface area contributed by atoms with Crippen LogP contribution in [0.4, 0.5) is 11.4 Å². The van der Waals surface area contributed by atoms with Crippen molar-refractivity contribution < 1.29 is 14.8 Å². The number of hydrogen-bond acceptors (Lipinski definition) is 5. The lowest BCUT2D eigenvalue weighted by Gasteiger charge is -2.40. The van der Waals surface area contributed by atoms with Crippen LogP contribution in [0.5, 0.6) is 5.75 Å². The summed E-state index contributed by atoms with van der Waals surface area (Å²) < 4.78 is 0. The Morgan fingerprint density at radius 2 is 1.91 bits per heavy atom. The van der Waals surface area contributed by atoms with Crippen LogP contribution in [0, 0.1) is 15.5 Å². The average Bonchev–Trinajstić information content (AvgIpc) is 2.71. The maximum atomic E-state index is 13.4. The number of nitro groups is 1. The monoisotopic (exact) mass is 448 g/mol. The van der Waals surface area contributed by atoms with Crippen molar-refractivity contribution >= 4 is 45.1 Å². The van der Waals surface area contributed by atoms with Gasteiger partial charge in [0.15, 0.2) is 11.5 Å². The third kappa shape index (κ3) is 3.14. The molecule has 5 rings (SSSR count). The second-order valence-electron chi connectivity index (χ2n) is 9.24. The van der Waals surface area contributed by atoms with Crippen LogP contribution in [0.15, 0.2) is 54.1 Å². The van der Waals surface area contributed by atoms with Crippen LogP contribution in [-0.2, 0) is 4.79 Å². The maximum Gasteiger partial charge on any atom is 0.311 e. The fourth-order valence-corrected chi connectivity index (χ4v) is 5.27. The van der Waals surface area contributed by atoms with Crippen LogP contribution in [-0.4, -0.2) is 15.8 Å². The summed E-state index contributed by atoms with van der Waals surface area (Å²) in [6, 6.07) is 13.8. The molecule has 0 spiro atoms. The molecule has 1 aliphatic heterocycles. The van der Waals surface area contributed by atoms with Crippen LogP contribution in [0.2, 0.25) is 5.02 Å². The number of carbonyl (C=O) groups excluding carboxylic acids is 1. The van der Waals surface area contributed by atoms with E-state index in [0.717, 1.165) is 27.6 Å². The van der Waals surface area contributed by atoms with Crippen LogP contribution >= 0.6 is 11.6 Å². The zero-order valence-electron chi connectivity index (χ0n) is 17.6. The molecule has 162 valence electrons. The zero-order chi connectivity index (χ0) is 22.8. The van der Waals surface area contributed by atoms with Crippen molar-refractivity contribution in [3.8, 4) is 5.75 Å². The van der Waals surface area contributed by atoms with E-state index >= 15 is 0 Å². The fraction of sp³-hybridized carbons (Fsp3) is 0.240. The number of Topliss-reactive ketones (excluding diaryl/α,β-unsaturated/α-hetero) is 1. The highest BCUT2D eigenvalue weighted by molar-refractivity contribution is 6.32. The predicted octanol–water partition coefficient (Wildman–Crippen LogP) is 6.42. The van der Waals surface area contributed by atoms with Gasteiger partial charge in [0.25, 0.3) is 0 Å². The van der Waals surface area contributed by atoms with E-state index in [4.69, 9.17) is 11.6 Å². The molecule has 0 radical (unpaired) electrons. The molecule has 1 atom stereocenters. The Hall–Kier alpha value is -3.38. The highest BCUT2D eigenvalue weighted by Gasteiger charge is 2.41. The van der Waals surface area contributed by atoms with Gasteiger partial charge in [-0.1, -0.05) is 55.8 Å². The van der Waals surface area contributed by atoms with E-state index in [0.29, 0.717) is 24.0 Å². The number of rotatable bonds is 2. The van der Waals surface area contributed by atoms with Gasteiger partial charge in [-0.3, -0.25) is 14.9 Å². The number of nitrogens with one attached hydrogen (secondary N) is 1. The molecule has 1 heterocycles. The van der Waals surface area contributed by atoms with Crippen molar-refractivity contribution in [1.82, 2.24) is 0 Å². The summed E-state index contributed by atoms with van der Waals surface area (Å²) in [7, 11) is 0. The maximum absolute atomic E-state index is 13.4. The van der Waals surface area contributed by atoms with E-state index in [9.17, 15) is 20.0 Å². The normalized spacial score (nSPS) is 19.3. The molecule has 0 aromatic heterocycles. The second kappa shape index (κ2) is 7.07. The Labute approximate surface area is 189 Å². The largest absolute Gasteiger partial charge is 0.502 e. The van der Waals surface area contributed by atoms with Crippen LogP contribution in [0.3, 0.4) is 0 Å². The highest BCUT2D eigenvalue weighted by atomic mass is 35.5. The Bertz CT molecular complexity index is 1360. The first-order valence-electron chi connectivity index (χ1n) is 10.4. The number of hydrogen-bond donors (Lipinski definition) is 2. The average molecular weight is 449 g/mol. The number of fused-ring (bicyclic) bond motifs is 4. The van der Waals surface area contributed by atoms with Crippen LogP contribution in [0.1, 0.15) is 43.9 Å². The molecule has 3 aromatic rings. The smallest absolute Gasteiger partial charge is 0.311 e. The first-order valence-corrected chi connectivity index (χ1v) is 10.8. The number of carbonyl (C=O) groups is 1. The molecule has 0 bridgehead atoms. The summed E-state index contributed by atoms with van der Waals surface area (Å²) in [4.78, 5) is 24.2. The van der Waals surface area contributed by atoms with E-state index < -0.39 is 22.4 Å². The van der Waals surface area contributed by atoms with E-state index in [2.05, 4.69) is 19.2 Å². The molecule has 32 heavy (non-hydrogen) atoms. The van der Waals surface area contributed by atoms with Gasteiger partial charge in [-0.2, -0.15) is 0 Å². The molecular formula is C25H21ClN2O4. The Morgan fingerprint density at radius 1 is 1.16 bits per heavy atom. The molecule has 0 fully saturated rings. The minimum absolute atomic E-state index is 0.000807. The van der Waals surface area contributed by atoms with Crippen LogP contribution < -0.4 is 5.32 Å². The first-order chi connectivity index (χ1) is 15.2. The van der Waals surface area contributed by atoms with Crippen LogP contribution in [0.25, 0.3) is 16.3 Å². The summed E-state index contributed by atoms with van der Waals surface area (Å²) in [6.45, 7) is 4.16. The molecule has 2 aliphatic rings. The van der Waals surface area contributed by atoms with E-state index in [-0.39, 0.29) is 16.2 Å². The number of allylic oxidation sites excluding steroid dienone is 1. The van der Waals surface area contributed by atoms with E-state index in [1.165, 1.54) is 12.1 Å². The van der Waals surface area contributed by atoms with Crippen molar-refractivity contribution in [3.05, 3.63) is 80.4 Å². The lowest BCUT2D eigenvalue weighted by molar-refractivity contribution is -0.385. The van der Waals surface area contributed by atoms with Gasteiger partial charge in [-0.15, -0.1) is 0 Å². The molecule has 1 aliphatic carbocycles. The number of nitro benzene ring substituents is 1. The van der Waals surface area contributed by atoms with Gasteiger partial charge in [-0.25, -0.2) is 0 Å². The first kappa shape index (κ1) is 20.5. The van der Waals surface area contributed by atoms with Gasteiger partial charge in [0.2, 0.25) is 0 Å². The summed E-state index contributed by atoms with van der Waals surface area (Å²) >= 11 is 6.44. The number of benzene rings is 3. The number of ketones is 1. The predicted molar refractivity (Wildman–Crippen MR) is 125 cm³/mol. The quantitative estimate of drug-likeness (QED) is 0.348. The minimum Gasteiger partial charge on any atom is -0.502 e. The number of phenols is 1. The van der Waals surface area contributed by atoms with Crippen molar-refractivity contribution in [2.75, 3.05) is 5.32 Å². The molecule has 2 N–H and O–H groups in total. The van der Waals surface area contributed by atoms with Gasteiger partial charge in [-0.05, 0) is 34.2 Å². The van der Waals surface area contributed by atoms with Gasteiger partial charge in [0, 0.05) is 40.9 Å². The lowest BCUT2D eigenvalue weighted by Crippen LogP contribution is -2.33. The molecule has 3 aromatic carbocycles. The number of nitrogens with zero attached hydrogens (tertiary/aromatic N) is 1. The number of halogens is 1. The van der Waals surface area contributed by atoms with Crippen molar-refractivity contribution in [2.45, 2.75) is 32.7 Å². The van der Waals surface area contributed by atoms with Crippen molar-refractivity contribution in [2.24, 2.45) is 5.41 Å².